The van der Waals surface area contributed by atoms with Crippen LogP contribution in [-0.4, -0.2) is 40.3 Å². The van der Waals surface area contributed by atoms with Crippen LogP contribution in [0.25, 0.3) is 0 Å². The van der Waals surface area contributed by atoms with Crippen molar-refractivity contribution in [3.05, 3.63) is 35.9 Å². The Labute approximate surface area is 117 Å². The molecule has 20 heavy (non-hydrogen) atoms. The number of carbonyl (C=O) groups is 2. The van der Waals surface area contributed by atoms with Crippen molar-refractivity contribution < 1.29 is 19.8 Å². The molecule has 1 amide bonds. The van der Waals surface area contributed by atoms with E-state index in [1.54, 1.807) is 0 Å². The average Bonchev–Trinajstić information content (AvgIpc) is 2.35. The van der Waals surface area contributed by atoms with Gasteiger partial charge in [0.25, 0.3) is 0 Å². The van der Waals surface area contributed by atoms with Crippen LogP contribution < -0.4 is 11.1 Å². The van der Waals surface area contributed by atoms with Crippen LogP contribution >= 0.6 is 0 Å². The Bertz CT molecular complexity index is 460. The summed E-state index contributed by atoms with van der Waals surface area (Å²) < 4.78 is 0. The number of rotatable bonds is 7. The fourth-order valence-corrected chi connectivity index (χ4v) is 1.76. The van der Waals surface area contributed by atoms with Gasteiger partial charge in [-0.2, -0.15) is 0 Å². The third-order valence-corrected chi connectivity index (χ3v) is 2.81. The molecule has 1 aromatic rings. The number of carboxylic acids is 1. The Kier molecular flexibility index (Phi) is 5.66. The van der Waals surface area contributed by atoms with Gasteiger partial charge in [0.1, 0.15) is 0 Å². The molecule has 0 spiro atoms. The highest BCUT2D eigenvalue weighted by molar-refractivity contribution is 5.82. The number of carbonyl (C=O) groups excluding carboxylic acids is 1. The quantitative estimate of drug-likeness (QED) is 0.557. The van der Waals surface area contributed by atoms with E-state index in [-0.39, 0.29) is 6.54 Å². The van der Waals surface area contributed by atoms with Gasteiger partial charge in [-0.05, 0) is 18.9 Å². The van der Waals surface area contributed by atoms with E-state index in [0.29, 0.717) is 6.42 Å². The largest absolute Gasteiger partial charge is 0.481 e. The molecular weight excluding hydrogens is 260 g/mol. The van der Waals surface area contributed by atoms with Gasteiger partial charge in [0.05, 0.1) is 18.1 Å². The van der Waals surface area contributed by atoms with Crippen LogP contribution in [0.2, 0.25) is 0 Å². The molecule has 1 unspecified atom stereocenters. The van der Waals surface area contributed by atoms with Gasteiger partial charge < -0.3 is 21.3 Å². The number of hydrogen-bond acceptors (Lipinski definition) is 4. The van der Waals surface area contributed by atoms with Crippen molar-refractivity contribution in [3.8, 4) is 0 Å². The number of nitrogens with one attached hydrogen (secondary N) is 1. The number of aliphatic carboxylic acids is 1. The number of carboxylic acid groups (broad SMARTS) is 1. The highest BCUT2D eigenvalue weighted by atomic mass is 16.4. The van der Waals surface area contributed by atoms with Crippen LogP contribution in [0.15, 0.2) is 30.3 Å². The van der Waals surface area contributed by atoms with Crippen LogP contribution in [0.1, 0.15) is 18.9 Å². The molecule has 0 radical (unpaired) electrons. The third kappa shape index (κ3) is 5.81. The summed E-state index contributed by atoms with van der Waals surface area (Å²) in [6.07, 6.45) is -0.0606. The first-order chi connectivity index (χ1) is 9.30. The topological polar surface area (TPSA) is 113 Å². The highest BCUT2D eigenvalue weighted by Gasteiger charge is 2.25. The molecule has 0 heterocycles. The maximum absolute atomic E-state index is 11.8. The predicted molar refractivity (Wildman–Crippen MR) is 74.0 cm³/mol. The lowest BCUT2D eigenvalue weighted by molar-refractivity contribution is -0.142. The van der Waals surface area contributed by atoms with Gasteiger partial charge in [0.2, 0.25) is 5.91 Å². The summed E-state index contributed by atoms with van der Waals surface area (Å²) in [5.41, 5.74) is 5.22. The lowest BCUT2D eigenvalue weighted by atomic mass is 10.0. The number of nitrogens with two attached hydrogens (primary N) is 1. The first-order valence-corrected chi connectivity index (χ1v) is 6.31. The van der Waals surface area contributed by atoms with E-state index in [1.165, 1.54) is 6.92 Å². The molecule has 0 bridgehead atoms. The van der Waals surface area contributed by atoms with Gasteiger partial charge in [-0.25, -0.2) is 0 Å². The second-order valence-corrected chi connectivity index (χ2v) is 5.08. The number of benzene rings is 1. The smallest absolute Gasteiger partial charge is 0.306 e. The Morgan fingerprint density at radius 1 is 1.35 bits per heavy atom. The van der Waals surface area contributed by atoms with E-state index in [1.807, 2.05) is 30.3 Å². The van der Waals surface area contributed by atoms with Crippen LogP contribution in [-0.2, 0) is 16.0 Å². The van der Waals surface area contributed by atoms with Gasteiger partial charge in [-0.15, -0.1) is 0 Å². The summed E-state index contributed by atoms with van der Waals surface area (Å²) in [7, 11) is 0. The molecule has 6 heteroatoms. The van der Waals surface area contributed by atoms with Crippen LogP contribution in [0.4, 0.5) is 0 Å². The second kappa shape index (κ2) is 7.02. The summed E-state index contributed by atoms with van der Waals surface area (Å²) in [4.78, 5) is 22.3. The molecule has 0 fully saturated rings. The molecule has 0 saturated carbocycles. The monoisotopic (exact) mass is 280 g/mol. The zero-order valence-corrected chi connectivity index (χ0v) is 11.4. The fourth-order valence-electron chi connectivity index (χ4n) is 1.76. The third-order valence-electron chi connectivity index (χ3n) is 2.81. The molecule has 0 aliphatic heterocycles. The van der Waals surface area contributed by atoms with Gasteiger partial charge >= 0.3 is 5.97 Å². The molecule has 110 valence electrons. The van der Waals surface area contributed by atoms with Crippen molar-refractivity contribution in [1.29, 1.82) is 0 Å². The predicted octanol–water partition coefficient (Wildman–Crippen LogP) is -0.102. The lowest BCUT2D eigenvalue weighted by Crippen LogP contribution is -2.48. The molecule has 1 aromatic carbocycles. The maximum Gasteiger partial charge on any atom is 0.306 e. The van der Waals surface area contributed by atoms with Crippen molar-refractivity contribution in [1.82, 2.24) is 5.32 Å². The Morgan fingerprint density at radius 3 is 2.50 bits per heavy atom. The molecule has 5 N–H and O–H groups in total. The summed E-state index contributed by atoms with van der Waals surface area (Å²) >= 11 is 0. The van der Waals surface area contributed by atoms with Gasteiger partial charge in [0, 0.05) is 6.54 Å². The standard InChI is InChI=1S/C14H20N2O4/c1-14(20,8-12(17)18)9-16-13(19)11(15)7-10-5-3-2-4-6-10/h2-6,11,20H,7-9,15H2,1H3,(H,16,19)(H,17,18)/t11-,14?/m0/s1. The minimum Gasteiger partial charge on any atom is -0.481 e. The van der Waals surface area contributed by atoms with E-state index in [0.717, 1.165) is 5.56 Å². The van der Waals surface area contributed by atoms with E-state index in [4.69, 9.17) is 10.8 Å². The zero-order chi connectivity index (χ0) is 15.2. The SMILES string of the molecule is CC(O)(CNC(=O)[C@@H](N)Cc1ccccc1)CC(=O)O. The summed E-state index contributed by atoms with van der Waals surface area (Å²) in [5, 5.41) is 20.9. The Balaban J connectivity index is 2.44. The summed E-state index contributed by atoms with van der Waals surface area (Å²) in [6.45, 7) is 1.20. The van der Waals surface area contributed by atoms with Crippen molar-refractivity contribution in [2.75, 3.05) is 6.54 Å². The van der Waals surface area contributed by atoms with E-state index < -0.39 is 29.9 Å². The molecule has 1 rings (SSSR count). The van der Waals surface area contributed by atoms with Gasteiger partial charge in [-0.1, -0.05) is 30.3 Å². The summed E-state index contributed by atoms with van der Waals surface area (Å²) in [6, 6.07) is 8.59. The van der Waals surface area contributed by atoms with Crippen LogP contribution in [0.5, 0.6) is 0 Å². The number of amides is 1. The zero-order valence-electron chi connectivity index (χ0n) is 11.4. The Morgan fingerprint density at radius 2 is 1.95 bits per heavy atom. The molecule has 0 saturated heterocycles. The second-order valence-electron chi connectivity index (χ2n) is 5.08. The molecule has 6 nitrogen and oxygen atoms in total. The normalized spacial score (nSPS) is 15.2. The lowest BCUT2D eigenvalue weighted by Gasteiger charge is -2.22. The fraction of sp³-hybridized carbons (Fsp3) is 0.429. The van der Waals surface area contributed by atoms with Crippen LogP contribution in [0, 0.1) is 0 Å². The van der Waals surface area contributed by atoms with Gasteiger partial charge in [0.15, 0.2) is 0 Å². The Hall–Kier alpha value is -1.92. The maximum atomic E-state index is 11.8. The first-order valence-electron chi connectivity index (χ1n) is 6.31. The van der Waals surface area contributed by atoms with Crippen LogP contribution in [0.3, 0.4) is 0 Å². The minimum atomic E-state index is -1.49. The van der Waals surface area contributed by atoms with Crippen molar-refractivity contribution in [3.63, 3.8) is 0 Å². The van der Waals surface area contributed by atoms with E-state index in [2.05, 4.69) is 5.32 Å². The molecule has 2 atom stereocenters. The van der Waals surface area contributed by atoms with E-state index >= 15 is 0 Å². The molecular formula is C14H20N2O4. The number of aliphatic hydroxyl groups is 1. The van der Waals surface area contributed by atoms with Crippen molar-refractivity contribution in [2.45, 2.75) is 31.4 Å². The molecule has 0 aromatic heterocycles. The highest BCUT2D eigenvalue weighted by Crippen LogP contribution is 2.08. The minimum absolute atomic E-state index is 0.152. The van der Waals surface area contributed by atoms with E-state index in [9.17, 15) is 14.7 Å². The average molecular weight is 280 g/mol. The van der Waals surface area contributed by atoms with Crippen molar-refractivity contribution >= 4 is 11.9 Å². The first kappa shape index (κ1) is 16.1. The molecule has 0 aliphatic rings. The number of hydrogen-bond donors (Lipinski definition) is 4. The van der Waals surface area contributed by atoms with Gasteiger partial charge in [-0.3, -0.25) is 9.59 Å². The summed E-state index contributed by atoms with van der Waals surface area (Å²) in [5.74, 6) is -1.54. The van der Waals surface area contributed by atoms with Crippen molar-refractivity contribution in [2.24, 2.45) is 5.73 Å². The molecule has 0 aliphatic carbocycles.